The van der Waals surface area contributed by atoms with Crippen LogP contribution in [0.4, 0.5) is 11.5 Å². The van der Waals surface area contributed by atoms with E-state index in [1.807, 2.05) is 17.0 Å². The van der Waals surface area contributed by atoms with E-state index in [0.29, 0.717) is 18.3 Å². The van der Waals surface area contributed by atoms with Crippen LogP contribution in [0.5, 0.6) is 5.88 Å². The maximum atomic E-state index is 11.4. The number of nitrogen functional groups attached to an aromatic ring is 1. The van der Waals surface area contributed by atoms with Crippen LogP contribution < -0.4 is 15.4 Å². The van der Waals surface area contributed by atoms with Crippen LogP contribution in [0.25, 0.3) is 0 Å². The summed E-state index contributed by atoms with van der Waals surface area (Å²) in [6.45, 7) is 12.7. The van der Waals surface area contributed by atoms with E-state index in [9.17, 15) is 4.79 Å². The average Bonchev–Trinajstić information content (AvgIpc) is 2.61. The number of nitrogens with zero attached hydrogens (tertiary/aromatic N) is 4. The largest absolute Gasteiger partial charge is 0.476 e. The molecule has 1 aliphatic heterocycles. The number of rotatable bonds is 9. The van der Waals surface area contributed by atoms with Crippen molar-refractivity contribution in [2.45, 2.75) is 33.6 Å². The molecule has 0 atom stereocenters. The number of anilines is 2. The number of pyridine rings is 1. The van der Waals surface area contributed by atoms with Crippen molar-refractivity contribution in [1.82, 2.24) is 14.8 Å². The van der Waals surface area contributed by atoms with Crippen molar-refractivity contribution in [3.05, 3.63) is 12.1 Å². The minimum absolute atomic E-state index is 0.154. The van der Waals surface area contributed by atoms with Crippen LogP contribution in [0.1, 0.15) is 33.6 Å². The molecule has 146 valence electrons. The second kappa shape index (κ2) is 10.2. The number of hydrogen-bond acceptors (Lipinski definition) is 6. The summed E-state index contributed by atoms with van der Waals surface area (Å²) in [6.07, 6.45) is 2.18. The number of aromatic nitrogens is 1. The van der Waals surface area contributed by atoms with Gasteiger partial charge in [-0.3, -0.25) is 9.69 Å². The Morgan fingerprint density at radius 1 is 1.19 bits per heavy atom. The van der Waals surface area contributed by atoms with E-state index in [2.05, 4.69) is 28.6 Å². The molecule has 0 saturated carbocycles. The fourth-order valence-corrected chi connectivity index (χ4v) is 3.24. The van der Waals surface area contributed by atoms with Gasteiger partial charge in [0.25, 0.3) is 0 Å². The van der Waals surface area contributed by atoms with Crippen LogP contribution in [-0.2, 0) is 4.79 Å². The van der Waals surface area contributed by atoms with Crippen molar-refractivity contribution in [3.8, 4) is 5.88 Å². The summed E-state index contributed by atoms with van der Waals surface area (Å²) < 4.78 is 5.87. The molecule has 2 N–H and O–H groups in total. The zero-order valence-electron chi connectivity index (χ0n) is 16.4. The highest BCUT2D eigenvalue weighted by molar-refractivity contribution is 5.73. The molecule has 0 aromatic carbocycles. The first-order valence-corrected chi connectivity index (χ1v) is 9.66. The van der Waals surface area contributed by atoms with E-state index >= 15 is 0 Å². The van der Waals surface area contributed by atoms with Crippen LogP contribution in [0.15, 0.2) is 12.1 Å². The van der Waals surface area contributed by atoms with Crippen molar-refractivity contribution < 1.29 is 9.53 Å². The van der Waals surface area contributed by atoms with Crippen molar-refractivity contribution >= 4 is 17.4 Å². The normalized spacial score (nSPS) is 15.1. The van der Waals surface area contributed by atoms with E-state index in [0.717, 1.165) is 64.3 Å². The van der Waals surface area contributed by atoms with E-state index in [4.69, 9.17) is 10.5 Å². The SMILES string of the molecule is CCCN(CCC)c1cc(N)nc(OCCN2CCN(C(C)=O)CC2)c1. The average molecular weight is 364 g/mol. The summed E-state index contributed by atoms with van der Waals surface area (Å²) in [6, 6.07) is 3.90. The third kappa shape index (κ3) is 6.05. The Morgan fingerprint density at radius 2 is 1.85 bits per heavy atom. The smallest absolute Gasteiger partial charge is 0.219 e. The summed E-state index contributed by atoms with van der Waals surface area (Å²) >= 11 is 0. The van der Waals surface area contributed by atoms with Gasteiger partial charge in [-0.05, 0) is 12.8 Å². The molecule has 7 heteroatoms. The predicted molar refractivity (Wildman–Crippen MR) is 106 cm³/mol. The van der Waals surface area contributed by atoms with Gasteiger partial charge in [0.05, 0.1) is 0 Å². The molecular formula is C19H33N5O2. The molecule has 1 fully saturated rings. The standard InChI is InChI=1S/C19H33N5O2/c1-4-6-24(7-5-2)17-14-18(20)21-19(15-17)26-13-12-22-8-10-23(11-9-22)16(3)25/h14-15H,4-13H2,1-3H3,(H2,20,21). The Kier molecular flexibility index (Phi) is 7.97. The van der Waals surface area contributed by atoms with Gasteiger partial charge in [-0.15, -0.1) is 0 Å². The summed E-state index contributed by atoms with van der Waals surface area (Å²) in [4.78, 5) is 22.2. The molecule has 2 rings (SSSR count). The number of piperazine rings is 1. The Balaban J connectivity index is 1.86. The Labute approximate surface area is 157 Å². The predicted octanol–water partition coefficient (Wildman–Crippen LogP) is 1.83. The van der Waals surface area contributed by atoms with Crippen LogP contribution in [-0.4, -0.2) is 73.1 Å². The van der Waals surface area contributed by atoms with Gasteiger partial charge in [0, 0.05) is 70.6 Å². The van der Waals surface area contributed by atoms with Gasteiger partial charge in [-0.25, -0.2) is 0 Å². The van der Waals surface area contributed by atoms with Gasteiger partial charge < -0.3 is 20.3 Å². The molecule has 7 nitrogen and oxygen atoms in total. The van der Waals surface area contributed by atoms with Crippen molar-refractivity contribution in [1.29, 1.82) is 0 Å². The maximum Gasteiger partial charge on any atom is 0.219 e. The highest BCUT2D eigenvalue weighted by atomic mass is 16.5. The third-order valence-electron chi connectivity index (χ3n) is 4.63. The lowest BCUT2D eigenvalue weighted by molar-refractivity contribution is -0.130. The molecule has 1 amide bonds. The molecular weight excluding hydrogens is 330 g/mol. The number of carbonyl (C=O) groups excluding carboxylic acids is 1. The fraction of sp³-hybridized carbons (Fsp3) is 0.684. The lowest BCUT2D eigenvalue weighted by Gasteiger charge is -2.34. The highest BCUT2D eigenvalue weighted by Gasteiger charge is 2.18. The second-order valence-electron chi connectivity index (χ2n) is 6.77. The van der Waals surface area contributed by atoms with Crippen LogP contribution in [0.3, 0.4) is 0 Å². The number of hydrogen-bond donors (Lipinski definition) is 1. The number of ether oxygens (including phenoxy) is 1. The molecule has 0 bridgehead atoms. The van der Waals surface area contributed by atoms with E-state index in [-0.39, 0.29) is 5.91 Å². The molecule has 26 heavy (non-hydrogen) atoms. The van der Waals surface area contributed by atoms with Gasteiger partial charge in [0.1, 0.15) is 12.4 Å². The van der Waals surface area contributed by atoms with Crippen molar-refractivity contribution in [3.63, 3.8) is 0 Å². The first-order chi connectivity index (χ1) is 12.5. The molecule has 2 heterocycles. The zero-order chi connectivity index (χ0) is 18.9. The first-order valence-electron chi connectivity index (χ1n) is 9.66. The molecule has 0 spiro atoms. The van der Waals surface area contributed by atoms with Crippen LogP contribution in [0, 0.1) is 0 Å². The monoisotopic (exact) mass is 363 g/mol. The zero-order valence-corrected chi connectivity index (χ0v) is 16.4. The van der Waals surface area contributed by atoms with Gasteiger partial charge in [-0.1, -0.05) is 13.8 Å². The van der Waals surface area contributed by atoms with Gasteiger partial charge in [0.15, 0.2) is 0 Å². The summed E-state index contributed by atoms with van der Waals surface area (Å²) in [5, 5.41) is 0. The lowest BCUT2D eigenvalue weighted by Crippen LogP contribution is -2.48. The summed E-state index contributed by atoms with van der Waals surface area (Å²) in [5.74, 6) is 1.23. The lowest BCUT2D eigenvalue weighted by atomic mass is 10.3. The Morgan fingerprint density at radius 3 is 2.42 bits per heavy atom. The highest BCUT2D eigenvalue weighted by Crippen LogP contribution is 2.23. The van der Waals surface area contributed by atoms with Crippen LogP contribution in [0.2, 0.25) is 0 Å². The molecule has 1 aliphatic rings. The fourth-order valence-electron chi connectivity index (χ4n) is 3.24. The molecule has 0 aliphatic carbocycles. The van der Waals surface area contributed by atoms with Crippen LogP contribution >= 0.6 is 0 Å². The maximum absolute atomic E-state index is 11.4. The number of carbonyl (C=O) groups is 1. The Bertz CT molecular complexity index is 567. The van der Waals surface area contributed by atoms with Crippen molar-refractivity contribution in [2.24, 2.45) is 0 Å². The summed E-state index contributed by atoms with van der Waals surface area (Å²) in [5.41, 5.74) is 7.06. The summed E-state index contributed by atoms with van der Waals surface area (Å²) in [7, 11) is 0. The van der Waals surface area contributed by atoms with E-state index in [1.165, 1.54) is 0 Å². The number of nitrogens with two attached hydrogens (primary N) is 1. The topological polar surface area (TPSA) is 74.9 Å². The van der Waals surface area contributed by atoms with E-state index in [1.54, 1.807) is 6.92 Å². The minimum atomic E-state index is 0.154. The van der Waals surface area contributed by atoms with Crippen molar-refractivity contribution in [2.75, 3.05) is 63.1 Å². The second-order valence-corrected chi connectivity index (χ2v) is 6.77. The van der Waals surface area contributed by atoms with Gasteiger partial charge in [0.2, 0.25) is 11.8 Å². The Hall–Kier alpha value is -2.02. The minimum Gasteiger partial charge on any atom is -0.476 e. The molecule has 0 unspecified atom stereocenters. The number of amides is 1. The van der Waals surface area contributed by atoms with Gasteiger partial charge in [-0.2, -0.15) is 4.98 Å². The molecule has 1 saturated heterocycles. The first kappa shape index (κ1) is 20.3. The quantitative estimate of drug-likeness (QED) is 0.721. The molecule has 0 radical (unpaired) electrons. The molecule has 1 aromatic rings. The molecule has 1 aromatic heterocycles. The third-order valence-corrected chi connectivity index (χ3v) is 4.63. The van der Waals surface area contributed by atoms with Gasteiger partial charge >= 0.3 is 0 Å². The van der Waals surface area contributed by atoms with E-state index < -0.39 is 0 Å².